The molecule has 0 aliphatic heterocycles. The zero-order chi connectivity index (χ0) is 21.2. The van der Waals surface area contributed by atoms with E-state index in [1.54, 1.807) is 43.5 Å². The molecule has 0 aliphatic carbocycles. The number of hydrogen-bond donors (Lipinski definition) is 2. The van der Waals surface area contributed by atoms with Crippen molar-refractivity contribution in [2.24, 2.45) is 0 Å². The van der Waals surface area contributed by atoms with Gasteiger partial charge in [-0.15, -0.1) is 11.8 Å². The van der Waals surface area contributed by atoms with Gasteiger partial charge in [0.1, 0.15) is 17.2 Å². The summed E-state index contributed by atoms with van der Waals surface area (Å²) < 4.78 is 10.9. The third-order valence-corrected chi connectivity index (χ3v) is 4.90. The van der Waals surface area contributed by atoms with Gasteiger partial charge in [-0.3, -0.25) is 9.59 Å². The van der Waals surface area contributed by atoms with Crippen LogP contribution in [0.25, 0.3) is 0 Å². The number of methoxy groups -OCH3 is 1. The first-order valence-corrected chi connectivity index (χ1v) is 10.4. The molecule has 0 aliphatic rings. The minimum Gasteiger partial charge on any atom is -0.495 e. The number of nitrogens with one attached hydrogen (secondary N) is 2. The Bertz CT molecular complexity index is 978. The largest absolute Gasteiger partial charge is 0.495 e. The van der Waals surface area contributed by atoms with Gasteiger partial charge in [-0.25, -0.2) is 0 Å². The van der Waals surface area contributed by atoms with Gasteiger partial charge in [0, 0.05) is 5.69 Å². The van der Waals surface area contributed by atoms with E-state index in [2.05, 4.69) is 10.6 Å². The van der Waals surface area contributed by atoms with Gasteiger partial charge in [0.2, 0.25) is 11.8 Å². The average Bonchev–Trinajstić information content (AvgIpc) is 2.76. The van der Waals surface area contributed by atoms with Crippen LogP contribution in [0.3, 0.4) is 0 Å². The van der Waals surface area contributed by atoms with E-state index in [0.29, 0.717) is 22.9 Å². The smallest absolute Gasteiger partial charge is 0.234 e. The van der Waals surface area contributed by atoms with Crippen molar-refractivity contribution in [3.8, 4) is 17.2 Å². The van der Waals surface area contributed by atoms with Crippen molar-refractivity contribution in [3.63, 3.8) is 0 Å². The van der Waals surface area contributed by atoms with Crippen molar-refractivity contribution >= 4 is 35.0 Å². The van der Waals surface area contributed by atoms with Crippen LogP contribution in [0.2, 0.25) is 0 Å². The molecule has 0 spiro atoms. The molecule has 0 saturated heterocycles. The number of benzene rings is 3. The number of thioether (sulfide) groups is 1. The predicted octanol–water partition coefficient (Wildman–Crippen LogP) is 4.80. The summed E-state index contributed by atoms with van der Waals surface area (Å²) in [6.07, 6.45) is 0. The fourth-order valence-corrected chi connectivity index (χ4v) is 3.22. The van der Waals surface area contributed by atoms with Gasteiger partial charge in [-0.1, -0.05) is 30.3 Å². The van der Waals surface area contributed by atoms with Crippen molar-refractivity contribution in [3.05, 3.63) is 78.9 Å². The summed E-state index contributed by atoms with van der Waals surface area (Å²) in [6, 6.07) is 23.8. The molecule has 0 heterocycles. The van der Waals surface area contributed by atoms with E-state index in [1.165, 1.54) is 11.8 Å². The second kappa shape index (κ2) is 10.9. The summed E-state index contributed by atoms with van der Waals surface area (Å²) in [5, 5.41) is 5.59. The summed E-state index contributed by atoms with van der Waals surface area (Å²) in [7, 11) is 1.55. The van der Waals surface area contributed by atoms with Crippen molar-refractivity contribution < 1.29 is 19.1 Å². The Morgan fingerprint density at radius 3 is 2.07 bits per heavy atom. The second-order valence-electron chi connectivity index (χ2n) is 6.23. The molecular weight excluding hydrogens is 400 g/mol. The lowest BCUT2D eigenvalue weighted by molar-refractivity contribution is -0.114. The van der Waals surface area contributed by atoms with E-state index < -0.39 is 0 Å². The quantitative estimate of drug-likeness (QED) is 0.518. The van der Waals surface area contributed by atoms with Gasteiger partial charge in [0.25, 0.3) is 0 Å². The molecule has 0 unspecified atom stereocenters. The number of para-hydroxylation sites is 3. The molecule has 2 N–H and O–H groups in total. The molecule has 0 radical (unpaired) electrons. The molecule has 0 fully saturated rings. The molecule has 7 heteroatoms. The highest BCUT2D eigenvalue weighted by atomic mass is 32.2. The SMILES string of the molecule is COc1ccccc1NC(=O)CSCC(=O)Nc1ccc(Oc2ccccc2)cc1. The van der Waals surface area contributed by atoms with Gasteiger partial charge in [0.05, 0.1) is 24.3 Å². The maximum absolute atomic E-state index is 12.1. The Kier molecular flexibility index (Phi) is 7.74. The average molecular weight is 423 g/mol. The highest BCUT2D eigenvalue weighted by molar-refractivity contribution is 8.00. The molecule has 0 saturated carbocycles. The number of anilines is 2. The first kappa shape index (κ1) is 21.3. The normalized spacial score (nSPS) is 10.2. The molecule has 0 bridgehead atoms. The Balaban J connectivity index is 1.40. The first-order chi connectivity index (χ1) is 14.6. The fourth-order valence-electron chi connectivity index (χ4n) is 2.60. The summed E-state index contributed by atoms with van der Waals surface area (Å²) in [6.45, 7) is 0. The van der Waals surface area contributed by atoms with Crippen LogP contribution in [-0.2, 0) is 9.59 Å². The lowest BCUT2D eigenvalue weighted by Crippen LogP contribution is -2.18. The molecule has 0 atom stereocenters. The van der Waals surface area contributed by atoms with E-state index in [-0.39, 0.29) is 23.3 Å². The maximum Gasteiger partial charge on any atom is 0.234 e. The van der Waals surface area contributed by atoms with Crippen LogP contribution in [0, 0.1) is 0 Å². The maximum atomic E-state index is 12.1. The molecule has 154 valence electrons. The minimum absolute atomic E-state index is 0.162. The van der Waals surface area contributed by atoms with E-state index in [9.17, 15) is 9.59 Å². The third-order valence-electron chi connectivity index (χ3n) is 3.96. The molecule has 30 heavy (non-hydrogen) atoms. The van der Waals surface area contributed by atoms with Crippen LogP contribution < -0.4 is 20.1 Å². The van der Waals surface area contributed by atoms with Gasteiger partial charge in [-0.05, 0) is 48.5 Å². The van der Waals surface area contributed by atoms with Crippen molar-refractivity contribution in [1.82, 2.24) is 0 Å². The standard InChI is InChI=1S/C23H22N2O4S/c1-28-21-10-6-5-9-20(21)25-23(27)16-30-15-22(26)24-17-11-13-19(14-12-17)29-18-7-3-2-4-8-18/h2-14H,15-16H2,1H3,(H,24,26)(H,25,27). The number of carbonyl (C=O) groups excluding carboxylic acids is 2. The van der Waals surface area contributed by atoms with E-state index in [4.69, 9.17) is 9.47 Å². The molecule has 3 rings (SSSR count). The van der Waals surface area contributed by atoms with E-state index >= 15 is 0 Å². The number of amides is 2. The van der Waals surface area contributed by atoms with Crippen LogP contribution in [0.4, 0.5) is 11.4 Å². The number of ether oxygens (including phenoxy) is 2. The fraction of sp³-hybridized carbons (Fsp3) is 0.130. The number of rotatable bonds is 9. The van der Waals surface area contributed by atoms with Crippen LogP contribution >= 0.6 is 11.8 Å². The molecular formula is C23H22N2O4S. The Morgan fingerprint density at radius 2 is 1.37 bits per heavy atom. The van der Waals surface area contributed by atoms with Crippen LogP contribution in [-0.4, -0.2) is 30.4 Å². The topological polar surface area (TPSA) is 76.7 Å². The van der Waals surface area contributed by atoms with Gasteiger partial charge in [0.15, 0.2) is 0 Å². The Morgan fingerprint density at radius 1 is 0.767 bits per heavy atom. The highest BCUT2D eigenvalue weighted by Crippen LogP contribution is 2.24. The Labute approximate surface area is 179 Å². The van der Waals surface area contributed by atoms with Gasteiger partial charge >= 0.3 is 0 Å². The summed E-state index contributed by atoms with van der Waals surface area (Å²) >= 11 is 1.24. The van der Waals surface area contributed by atoms with Crippen LogP contribution in [0.15, 0.2) is 78.9 Å². The summed E-state index contributed by atoms with van der Waals surface area (Å²) in [5.74, 6) is 1.98. The lowest BCUT2D eigenvalue weighted by atomic mass is 10.3. The van der Waals surface area contributed by atoms with Gasteiger partial charge in [-0.2, -0.15) is 0 Å². The zero-order valence-electron chi connectivity index (χ0n) is 16.5. The highest BCUT2D eigenvalue weighted by Gasteiger charge is 2.09. The predicted molar refractivity (Wildman–Crippen MR) is 121 cm³/mol. The summed E-state index contributed by atoms with van der Waals surface area (Å²) in [5.41, 5.74) is 1.27. The Hall–Kier alpha value is -3.45. The van der Waals surface area contributed by atoms with Crippen LogP contribution in [0.1, 0.15) is 0 Å². The van der Waals surface area contributed by atoms with Crippen molar-refractivity contribution in [1.29, 1.82) is 0 Å². The zero-order valence-corrected chi connectivity index (χ0v) is 17.3. The molecule has 0 aromatic heterocycles. The van der Waals surface area contributed by atoms with Crippen molar-refractivity contribution in [2.75, 3.05) is 29.2 Å². The van der Waals surface area contributed by atoms with E-state index in [1.807, 2.05) is 42.5 Å². The van der Waals surface area contributed by atoms with E-state index in [0.717, 1.165) is 5.75 Å². The number of hydrogen-bond acceptors (Lipinski definition) is 5. The molecule has 2 amide bonds. The van der Waals surface area contributed by atoms with Gasteiger partial charge < -0.3 is 20.1 Å². The third kappa shape index (κ3) is 6.56. The minimum atomic E-state index is -0.195. The molecule has 6 nitrogen and oxygen atoms in total. The van der Waals surface area contributed by atoms with Crippen LogP contribution in [0.5, 0.6) is 17.2 Å². The van der Waals surface area contributed by atoms with Crippen molar-refractivity contribution in [2.45, 2.75) is 0 Å². The summed E-state index contributed by atoms with van der Waals surface area (Å²) in [4.78, 5) is 24.2. The monoisotopic (exact) mass is 422 g/mol. The number of carbonyl (C=O) groups is 2. The molecule has 3 aromatic carbocycles. The second-order valence-corrected chi connectivity index (χ2v) is 7.21. The molecule has 3 aromatic rings. The first-order valence-electron chi connectivity index (χ1n) is 9.27. The lowest BCUT2D eigenvalue weighted by Gasteiger charge is -2.10.